The van der Waals surface area contributed by atoms with E-state index < -0.39 is 23.1 Å². The highest BCUT2D eigenvalue weighted by Crippen LogP contribution is 2.27. The normalized spacial score (nSPS) is 13.6. The van der Waals surface area contributed by atoms with Crippen LogP contribution in [0.4, 0.5) is 0 Å². The number of amides is 3. The van der Waals surface area contributed by atoms with Crippen LogP contribution in [-0.4, -0.2) is 135 Å². The van der Waals surface area contributed by atoms with Gasteiger partial charge in [0.05, 0.1) is 31.7 Å². The van der Waals surface area contributed by atoms with Crippen LogP contribution in [0.25, 0.3) is 0 Å². The van der Waals surface area contributed by atoms with Crippen molar-refractivity contribution in [3.63, 3.8) is 0 Å². The number of hydrogen-bond acceptors (Lipinski definition) is 10. The number of carboxylic acids is 1. The summed E-state index contributed by atoms with van der Waals surface area (Å²) in [5.41, 5.74) is -1.27. The standard InChI is InChI=1S/C25H46N4O7.C4H4O2.CH4O/c1-19(2)10-14-35-24(3,4)11-7-22(32)29-17-25(18-29,16-27-20(30)9-13-28(5)6)36-15-21(31)26-12-8-23(33)34;5-3-1-2-4-6;1-2/h19H,7-18H2,1-6H3,(H,26,31)(H,27,30)(H,33,34);1-4H;2H,1H3/b;2-1-;. The van der Waals surface area contributed by atoms with Gasteiger partial charge in [-0.1, -0.05) is 13.8 Å². The molecule has 0 aromatic rings. The van der Waals surface area contributed by atoms with Crippen LogP contribution in [0.2, 0.25) is 0 Å². The lowest BCUT2D eigenvalue weighted by Crippen LogP contribution is -2.69. The Morgan fingerprint density at radius 1 is 0.977 bits per heavy atom. The number of ether oxygens (including phenoxy) is 2. The number of nitrogens with zero attached hydrogens (tertiary/aromatic N) is 2. The van der Waals surface area contributed by atoms with Crippen molar-refractivity contribution in [3.8, 4) is 0 Å². The SMILES string of the molecule is CC(C)CCOC(C)(C)CCC(=O)N1CC(CNC(=O)CCN(C)C)(OCC(=O)NCCC(=O)O)C1.CO.O=C/C=C\C=O. The molecule has 0 aromatic carbocycles. The minimum absolute atomic E-state index is 0.00539. The molecule has 0 aromatic heterocycles. The predicted octanol–water partition coefficient (Wildman–Crippen LogP) is 0.413. The highest BCUT2D eigenvalue weighted by molar-refractivity contribution is 5.79. The number of carboxylic acid groups (broad SMARTS) is 1. The number of hydrogen-bond donors (Lipinski definition) is 4. The van der Waals surface area contributed by atoms with Crippen molar-refractivity contribution in [2.75, 3.05) is 67.1 Å². The summed E-state index contributed by atoms with van der Waals surface area (Å²) in [5, 5.41) is 21.0. The van der Waals surface area contributed by atoms with Crippen molar-refractivity contribution in [1.29, 1.82) is 0 Å². The second kappa shape index (κ2) is 24.2. The van der Waals surface area contributed by atoms with Crippen molar-refractivity contribution in [1.82, 2.24) is 20.4 Å². The smallest absolute Gasteiger partial charge is 0.305 e. The Hall–Kier alpha value is -3.20. The lowest BCUT2D eigenvalue weighted by molar-refractivity contribution is -0.172. The van der Waals surface area contributed by atoms with Crippen LogP contribution < -0.4 is 10.6 Å². The zero-order valence-corrected chi connectivity index (χ0v) is 27.4. The van der Waals surface area contributed by atoms with Crippen LogP contribution in [0, 0.1) is 5.92 Å². The monoisotopic (exact) mass is 630 g/mol. The summed E-state index contributed by atoms with van der Waals surface area (Å²) < 4.78 is 11.8. The number of aliphatic hydroxyl groups excluding tert-OH is 1. The molecule has 0 radical (unpaired) electrons. The van der Waals surface area contributed by atoms with Crippen LogP contribution in [0.15, 0.2) is 12.2 Å². The molecular weight excluding hydrogens is 576 g/mol. The van der Waals surface area contributed by atoms with Crippen LogP contribution in [0.3, 0.4) is 0 Å². The Morgan fingerprint density at radius 2 is 1.57 bits per heavy atom. The Bertz CT molecular complexity index is 890. The van der Waals surface area contributed by atoms with E-state index >= 15 is 0 Å². The number of carbonyl (C=O) groups is 6. The van der Waals surface area contributed by atoms with Gasteiger partial charge in [-0.3, -0.25) is 28.8 Å². The van der Waals surface area contributed by atoms with E-state index in [9.17, 15) is 28.8 Å². The summed E-state index contributed by atoms with van der Waals surface area (Å²) in [5.74, 6) is -1.06. The first-order valence-electron chi connectivity index (χ1n) is 14.6. The lowest BCUT2D eigenvalue weighted by atomic mass is 9.92. The van der Waals surface area contributed by atoms with E-state index in [2.05, 4.69) is 24.5 Å². The molecule has 0 saturated carbocycles. The van der Waals surface area contributed by atoms with Gasteiger partial charge in [-0.15, -0.1) is 0 Å². The van der Waals surface area contributed by atoms with Gasteiger partial charge in [-0.05, 0) is 58.9 Å². The summed E-state index contributed by atoms with van der Waals surface area (Å²) in [4.78, 5) is 69.9. The summed E-state index contributed by atoms with van der Waals surface area (Å²) >= 11 is 0. The number of rotatable bonds is 20. The molecule has 1 rings (SSSR count). The van der Waals surface area contributed by atoms with Gasteiger partial charge in [0.1, 0.15) is 24.8 Å². The van der Waals surface area contributed by atoms with Gasteiger partial charge in [-0.2, -0.15) is 0 Å². The molecule has 44 heavy (non-hydrogen) atoms. The maximum atomic E-state index is 12.8. The number of aliphatic carboxylic acids is 1. The molecular formula is C30H54N4O10. The summed E-state index contributed by atoms with van der Waals surface area (Å²) in [7, 11) is 4.76. The van der Waals surface area contributed by atoms with Gasteiger partial charge >= 0.3 is 5.97 Å². The molecule has 4 N–H and O–H groups in total. The fourth-order valence-corrected chi connectivity index (χ4v) is 3.63. The second-order valence-corrected chi connectivity index (χ2v) is 11.5. The van der Waals surface area contributed by atoms with Crippen molar-refractivity contribution in [2.45, 2.75) is 71.0 Å². The Kier molecular flexibility index (Phi) is 23.6. The first-order valence-corrected chi connectivity index (χ1v) is 14.6. The predicted molar refractivity (Wildman–Crippen MR) is 165 cm³/mol. The molecule has 254 valence electrons. The van der Waals surface area contributed by atoms with E-state index in [-0.39, 0.29) is 51.0 Å². The molecule has 14 heteroatoms. The van der Waals surface area contributed by atoms with Gasteiger partial charge in [0.25, 0.3) is 0 Å². The number of allylic oxidation sites excluding steroid dienone is 2. The maximum absolute atomic E-state index is 12.8. The summed E-state index contributed by atoms with van der Waals surface area (Å²) in [6.45, 7) is 9.92. The van der Waals surface area contributed by atoms with E-state index in [1.807, 2.05) is 32.8 Å². The molecule has 0 aliphatic carbocycles. The summed E-state index contributed by atoms with van der Waals surface area (Å²) in [6, 6.07) is 0. The van der Waals surface area contributed by atoms with Crippen molar-refractivity contribution in [3.05, 3.63) is 12.2 Å². The zero-order valence-electron chi connectivity index (χ0n) is 27.4. The Morgan fingerprint density at radius 3 is 2.07 bits per heavy atom. The molecule has 1 aliphatic rings. The topological polar surface area (TPSA) is 192 Å². The Balaban J connectivity index is 0. The first-order chi connectivity index (χ1) is 20.6. The molecule has 3 amide bonds. The minimum atomic E-state index is -1.00. The van der Waals surface area contributed by atoms with Crippen LogP contribution in [-0.2, 0) is 38.2 Å². The van der Waals surface area contributed by atoms with E-state index in [1.54, 1.807) is 4.90 Å². The van der Waals surface area contributed by atoms with E-state index in [0.717, 1.165) is 25.7 Å². The molecule has 0 atom stereocenters. The highest BCUT2D eigenvalue weighted by atomic mass is 16.5. The van der Waals surface area contributed by atoms with Gasteiger partial charge in [0.15, 0.2) is 0 Å². The number of likely N-dealkylation sites (tertiary alicyclic amines) is 1. The van der Waals surface area contributed by atoms with Gasteiger partial charge < -0.3 is 40.1 Å². The first kappa shape index (κ1) is 42.9. The van der Waals surface area contributed by atoms with E-state index in [1.165, 1.54) is 0 Å². The minimum Gasteiger partial charge on any atom is -0.481 e. The van der Waals surface area contributed by atoms with Gasteiger partial charge in [-0.25, -0.2) is 0 Å². The van der Waals surface area contributed by atoms with E-state index in [4.69, 9.17) is 19.7 Å². The van der Waals surface area contributed by atoms with E-state index in [0.29, 0.717) is 50.9 Å². The number of aldehydes is 2. The fraction of sp³-hybridized carbons (Fsp3) is 0.733. The number of nitrogens with one attached hydrogen (secondary N) is 2. The molecule has 0 bridgehead atoms. The highest BCUT2D eigenvalue weighted by Gasteiger charge is 2.47. The van der Waals surface area contributed by atoms with Crippen LogP contribution >= 0.6 is 0 Å². The molecule has 1 aliphatic heterocycles. The van der Waals surface area contributed by atoms with Gasteiger partial charge in [0.2, 0.25) is 17.7 Å². The zero-order chi connectivity index (χ0) is 34.2. The third-order valence-electron chi connectivity index (χ3n) is 6.27. The van der Waals surface area contributed by atoms with Gasteiger partial charge in [0, 0.05) is 39.6 Å². The molecule has 0 spiro atoms. The van der Waals surface area contributed by atoms with Crippen LogP contribution in [0.5, 0.6) is 0 Å². The lowest BCUT2D eigenvalue weighted by Gasteiger charge is -2.49. The Labute approximate surface area is 261 Å². The molecule has 14 nitrogen and oxygen atoms in total. The number of aliphatic hydroxyl groups is 1. The third kappa shape index (κ3) is 22.4. The molecule has 0 unspecified atom stereocenters. The second-order valence-electron chi connectivity index (χ2n) is 11.5. The van der Waals surface area contributed by atoms with Crippen molar-refractivity contribution >= 4 is 36.3 Å². The summed E-state index contributed by atoms with van der Waals surface area (Å²) in [6.07, 6.45) is 5.39. The van der Waals surface area contributed by atoms with Crippen LogP contribution in [0.1, 0.15) is 59.8 Å². The quantitative estimate of drug-likeness (QED) is 0.108. The average molecular weight is 631 g/mol. The average Bonchev–Trinajstić information content (AvgIpc) is 2.93. The third-order valence-corrected chi connectivity index (χ3v) is 6.27. The maximum Gasteiger partial charge on any atom is 0.305 e. The molecule has 1 saturated heterocycles. The van der Waals surface area contributed by atoms with Crippen molar-refractivity contribution in [2.24, 2.45) is 5.92 Å². The molecule has 1 fully saturated rings. The van der Waals surface area contributed by atoms with Crippen molar-refractivity contribution < 1.29 is 48.5 Å². The fourth-order valence-electron chi connectivity index (χ4n) is 3.63. The molecule has 1 heterocycles. The number of carbonyl (C=O) groups excluding carboxylic acids is 5. The largest absolute Gasteiger partial charge is 0.481 e.